The van der Waals surface area contributed by atoms with Gasteiger partial charge in [0, 0.05) is 6.54 Å². The predicted molar refractivity (Wildman–Crippen MR) is 57.8 cm³/mol. The summed E-state index contributed by atoms with van der Waals surface area (Å²) in [4.78, 5) is 0. The van der Waals surface area contributed by atoms with E-state index in [2.05, 4.69) is 35.4 Å². The summed E-state index contributed by atoms with van der Waals surface area (Å²) in [6.07, 6.45) is 2.12. The molecule has 1 aromatic heterocycles. The van der Waals surface area contributed by atoms with Crippen LogP contribution in [0, 0.1) is 6.92 Å². The third-order valence-electron chi connectivity index (χ3n) is 1.90. The Morgan fingerprint density at radius 3 is 2.86 bits per heavy atom. The fourth-order valence-corrected chi connectivity index (χ4v) is 1.12. The normalized spacial score (nSPS) is 9.71. The van der Waals surface area contributed by atoms with Crippen molar-refractivity contribution in [3.05, 3.63) is 17.3 Å². The van der Waals surface area contributed by atoms with Crippen LogP contribution < -0.4 is 10.1 Å². The van der Waals surface area contributed by atoms with Crippen LogP contribution in [0.3, 0.4) is 0 Å². The first kappa shape index (κ1) is 10.6. The first-order valence-electron chi connectivity index (χ1n) is 4.61. The molecule has 1 rings (SSSR count). The standard InChI is InChI=1S/C10H17N3O/c1-7(2)5-6-11-9-8(3)12-13-10(9)14-4/h5,11H,6H2,1-4H3,(H,12,13). The second-order valence-corrected chi connectivity index (χ2v) is 3.40. The minimum Gasteiger partial charge on any atom is -0.478 e. The molecule has 4 nitrogen and oxygen atoms in total. The molecule has 1 heterocycles. The van der Waals surface area contributed by atoms with E-state index < -0.39 is 0 Å². The van der Waals surface area contributed by atoms with Crippen LogP contribution in [0.5, 0.6) is 5.88 Å². The van der Waals surface area contributed by atoms with Gasteiger partial charge in [-0.1, -0.05) is 11.6 Å². The molecule has 4 heteroatoms. The molecule has 2 N–H and O–H groups in total. The highest BCUT2D eigenvalue weighted by molar-refractivity contribution is 5.56. The Balaban J connectivity index is 2.65. The van der Waals surface area contributed by atoms with Crippen molar-refractivity contribution in [2.75, 3.05) is 19.0 Å². The monoisotopic (exact) mass is 195 g/mol. The Morgan fingerprint density at radius 2 is 2.29 bits per heavy atom. The largest absolute Gasteiger partial charge is 0.478 e. The second-order valence-electron chi connectivity index (χ2n) is 3.40. The molecule has 0 bridgehead atoms. The van der Waals surface area contributed by atoms with Crippen molar-refractivity contribution in [2.24, 2.45) is 0 Å². The number of H-pyrrole nitrogens is 1. The number of methoxy groups -OCH3 is 1. The summed E-state index contributed by atoms with van der Waals surface area (Å²) in [5.41, 5.74) is 3.21. The molecule has 78 valence electrons. The van der Waals surface area contributed by atoms with Crippen molar-refractivity contribution < 1.29 is 4.74 Å². The highest BCUT2D eigenvalue weighted by atomic mass is 16.5. The summed E-state index contributed by atoms with van der Waals surface area (Å²) in [5, 5.41) is 10.1. The van der Waals surface area contributed by atoms with E-state index in [1.54, 1.807) is 7.11 Å². The molecule has 0 spiro atoms. The number of nitrogens with zero attached hydrogens (tertiary/aromatic N) is 1. The van der Waals surface area contributed by atoms with Crippen LogP contribution in [0.4, 0.5) is 5.69 Å². The van der Waals surface area contributed by atoms with Crippen LogP contribution in [-0.2, 0) is 0 Å². The lowest BCUT2D eigenvalue weighted by molar-refractivity contribution is 0.398. The minimum absolute atomic E-state index is 0.615. The maximum atomic E-state index is 5.10. The summed E-state index contributed by atoms with van der Waals surface area (Å²) in [6, 6.07) is 0. The SMILES string of the molecule is COc1n[nH]c(C)c1NCC=C(C)C. The van der Waals surface area contributed by atoms with Gasteiger partial charge in [0.25, 0.3) is 5.88 Å². The first-order chi connectivity index (χ1) is 6.65. The van der Waals surface area contributed by atoms with Crippen LogP contribution in [0.25, 0.3) is 0 Å². The van der Waals surface area contributed by atoms with Gasteiger partial charge in [-0.25, -0.2) is 0 Å². The number of aromatic nitrogens is 2. The highest BCUT2D eigenvalue weighted by Gasteiger charge is 2.08. The van der Waals surface area contributed by atoms with E-state index in [4.69, 9.17) is 4.74 Å². The van der Waals surface area contributed by atoms with Crippen molar-refractivity contribution >= 4 is 5.69 Å². The highest BCUT2D eigenvalue weighted by Crippen LogP contribution is 2.23. The molecule has 0 saturated carbocycles. The smallest absolute Gasteiger partial charge is 0.256 e. The quantitative estimate of drug-likeness (QED) is 0.723. The van der Waals surface area contributed by atoms with E-state index in [0.717, 1.165) is 17.9 Å². The number of aryl methyl sites for hydroxylation is 1. The number of hydrogen-bond donors (Lipinski definition) is 2. The number of ether oxygens (including phenoxy) is 1. The molecule has 0 radical (unpaired) electrons. The molecule has 0 atom stereocenters. The van der Waals surface area contributed by atoms with E-state index >= 15 is 0 Å². The summed E-state index contributed by atoms with van der Waals surface area (Å²) < 4.78 is 5.10. The number of hydrogen-bond acceptors (Lipinski definition) is 3. The van der Waals surface area contributed by atoms with Gasteiger partial charge in [-0.05, 0) is 20.8 Å². The second kappa shape index (κ2) is 4.69. The third-order valence-corrected chi connectivity index (χ3v) is 1.90. The summed E-state index contributed by atoms with van der Waals surface area (Å²) in [6.45, 7) is 6.89. The van der Waals surface area contributed by atoms with Gasteiger partial charge in [-0.2, -0.15) is 0 Å². The molecule has 0 saturated heterocycles. The van der Waals surface area contributed by atoms with Gasteiger partial charge in [-0.3, -0.25) is 5.10 Å². The average Bonchev–Trinajstić information content (AvgIpc) is 2.47. The zero-order valence-electron chi connectivity index (χ0n) is 9.14. The summed E-state index contributed by atoms with van der Waals surface area (Å²) in [7, 11) is 1.61. The molecule has 0 aliphatic heterocycles. The zero-order chi connectivity index (χ0) is 10.6. The van der Waals surface area contributed by atoms with Crippen LogP contribution in [0.15, 0.2) is 11.6 Å². The molecule has 0 aromatic carbocycles. The molecule has 0 unspecified atom stereocenters. The lowest BCUT2D eigenvalue weighted by Crippen LogP contribution is -2.00. The zero-order valence-corrected chi connectivity index (χ0v) is 9.14. The van der Waals surface area contributed by atoms with Gasteiger partial charge in [0.15, 0.2) is 0 Å². The van der Waals surface area contributed by atoms with E-state index in [1.807, 2.05) is 6.92 Å². The van der Waals surface area contributed by atoms with Gasteiger partial charge in [0.05, 0.1) is 12.8 Å². The van der Waals surface area contributed by atoms with Gasteiger partial charge in [0.2, 0.25) is 0 Å². The van der Waals surface area contributed by atoms with Gasteiger partial charge in [-0.15, -0.1) is 5.10 Å². The molecule has 0 aliphatic carbocycles. The maximum Gasteiger partial charge on any atom is 0.256 e. The Morgan fingerprint density at radius 1 is 1.57 bits per heavy atom. The van der Waals surface area contributed by atoms with Crippen molar-refractivity contribution in [1.82, 2.24) is 10.2 Å². The fraction of sp³-hybridized carbons (Fsp3) is 0.500. The number of aromatic amines is 1. The predicted octanol–water partition coefficient (Wildman–Crippen LogP) is 2.10. The number of rotatable bonds is 4. The maximum absolute atomic E-state index is 5.10. The lowest BCUT2D eigenvalue weighted by Gasteiger charge is -2.04. The number of anilines is 1. The van der Waals surface area contributed by atoms with Gasteiger partial charge >= 0.3 is 0 Å². The van der Waals surface area contributed by atoms with Crippen molar-refractivity contribution in [1.29, 1.82) is 0 Å². The fourth-order valence-electron chi connectivity index (χ4n) is 1.12. The molecule has 14 heavy (non-hydrogen) atoms. The molecule has 0 amide bonds. The average molecular weight is 195 g/mol. The molecular weight excluding hydrogens is 178 g/mol. The Labute approximate surface area is 84.4 Å². The minimum atomic E-state index is 0.615. The first-order valence-corrected chi connectivity index (χ1v) is 4.61. The van der Waals surface area contributed by atoms with E-state index in [9.17, 15) is 0 Å². The van der Waals surface area contributed by atoms with Crippen LogP contribution >= 0.6 is 0 Å². The van der Waals surface area contributed by atoms with E-state index in [0.29, 0.717) is 5.88 Å². The lowest BCUT2D eigenvalue weighted by atomic mass is 10.3. The van der Waals surface area contributed by atoms with Crippen molar-refractivity contribution in [2.45, 2.75) is 20.8 Å². The van der Waals surface area contributed by atoms with E-state index in [-0.39, 0.29) is 0 Å². The number of allylic oxidation sites excluding steroid dienone is 1. The van der Waals surface area contributed by atoms with E-state index in [1.165, 1.54) is 5.57 Å². The molecule has 0 aliphatic rings. The van der Waals surface area contributed by atoms with Gasteiger partial charge < -0.3 is 10.1 Å². The number of nitrogens with one attached hydrogen (secondary N) is 2. The molecular formula is C10H17N3O. The Bertz CT molecular complexity index is 324. The van der Waals surface area contributed by atoms with Crippen LogP contribution in [-0.4, -0.2) is 23.9 Å². The summed E-state index contributed by atoms with van der Waals surface area (Å²) >= 11 is 0. The van der Waals surface area contributed by atoms with Gasteiger partial charge in [0.1, 0.15) is 5.69 Å². The third kappa shape index (κ3) is 2.52. The van der Waals surface area contributed by atoms with Crippen molar-refractivity contribution in [3.8, 4) is 5.88 Å². The molecule has 0 fully saturated rings. The molecule has 1 aromatic rings. The Kier molecular flexibility index (Phi) is 3.56. The van der Waals surface area contributed by atoms with Crippen molar-refractivity contribution in [3.63, 3.8) is 0 Å². The van der Waals surface area contributed by atoms with Crippen LogP contribution in [0.2, 0.25) is 0 Å². The summed E-state index contributed by atoms with van der Waals surface area (Å²) in [5.74, 6) is 0.615. The topological polar surface area (TPSA) is 49.9 Å². The Hall–Kier alpha value is -1.45. The van der Waals surface area contributed by atoms with Crippen LogP contribution in [0.1, 0.15) is 19.5 Å².